The summed E-state index contributed by atoms with van der Waals surface area (Å²) < 4.78 is 59.9. The molecule has 2 aromatic carbocycles. The van der Waals surface area contributed by atoms with Gasteiger partial charge in [-0.05, 0) is 24.1 Å². The average Bonchev–Trinajstić information content (AvgIpc) is 3.33. The van der Waals surface area contributed by atoms with Crippen molar-refractivity contribution < 1.29 is 31.8 Å². The molecule has 0 bridgehead atoms. The number of amides is 1. The highest BCUT2D eigenvalue weighted by molar-refractivity contribution is 5.79. The van der Waals surface area contributed by atoms with Gasteiger partial charge in [0.2, 0.25) is 5.91 Å². The van der Waals surface area contributed by atoms with E-state index >= 15 is 0 Å². The highest BCUT2D eigenvalue weighted by atomic mass is 19.3. The van der Waals surface area contributed by atoms with E-state index in [-0.39, 0.29) is 18.4 Å². The number of aromatic nitrogens is 2. The molecule has 35 heavy (non-hydrogen) atoms. The summed E-state index contributed by atoms with van der Waals surface area (Å²) in [4.78, 5) is 23.7. The molecule has 1 saturated heterocycles. The minimum atomic E-state index is -3.20. The fourth-order valence-electron chi connectivity index (χ4n) is 4.20. The second-order valence-electron chi connectivity index (χ2n) is 8.02. The number of alkyl halides is 4. The number of carbonyl (C=O) groups excluding carboxylic acids is 1. The van der Waals surface area contributed by atoms with Crippen LogP contribution in [0.25, 0.3) is 0 Å². The number of hydrogen-bond donors (Lipinski definition) is 1. The fourth-order valence-corrected chi connectivity index (χ4v) is 4.20. The van der Waals surface area contributed by atoms with Crippen LogP contribution in [0.2, 0.25) is 0 Å². The van der Waals surface area contributed by atoms with Gasteiger partial charge >= 0.3 is 13.2 Å². The Morgan fingerprint density at radius 2 is 1.77 bits per heavy atom. The molecule has 4 rings (SSSR count). The molecule has 186 valence electrons. The van der Waals surface area contributed by atoms with Gasteiger partial charge in [-0.2, -0.15) is 17.6 Å². The Balaban J connectivity index is 1.56. The number of benzene rings is 2. The number of imidazole rings is 1. The summed E-state index contributed by atoms with van der Waals surface area (Å²) in [6.45, 7) is -5.16. The first-order valence-corrected chi connectivity index (χ1v) is 11.0. The molecule has 1 amide bonds. The summed E-state index contributed by atoms with van der Waals surface area (Å²) >= 11 is 0. The van der Waals surface area contributed by atoms with Crippen molar-refractivity contribution in [2.75, 3.05) is 24.5 Å². The van der Waals surface area contributed by atoms with Gasteiger partial charge in [0.1, 0.15) is 0 Å². The third-order valence-electron chi connectivity index (χ3n) is 5.74. The third-order valence-corrected chi connectivity index (χ3v) is 5.74. The Hall–Kier alpha value is -3.76. The summed E-state index contributed by atoms with van der Waals surface area (Å²) in [6, 6.07) is 13.4. The number of halogens is 4. The molecule has 11 heteroatoms. The number of anilines is 1. The third kappa shape index (κ3) is 6.43. The van der Waals surface area contributed by atoms with Crippen LogP contribution in [0.1, 0.15) is 11.3 Å². The lowest BCUT2D eigenvalue weighted by molar-refractivity contribution is -0.133. The number of piperazine rings is 1. The van der Waals surface area contributed by atoms with Gasteiger partial charge in [0, 0.05) is 43.3 Å². The van der Waals surface area contributed by atoms with E-state index in [2.05, 4.69) is 19.4 Å². The number of rotatable bonds is 9. The Kier molecular flexibility index (Phi) is 7.74. The first-order chi connectivity index (χ1) is 16.9. The van der Waals surface area contributed by atoms with Gasteiger partial charge < -0.3 is 24.3 Å². The average molecular weight is 492 g/mol. The largest absolute Gasteiger partial charge is 0.431 e. The Morgan fingerprint density at radius 3 is 2.46 bits per heavy atom. The number of hydrogen-bond acceptors (Lipinski definition) is 5. The Labute approximate surface area is 199 Å². The van der Waals surface area contributed by atoms with Crippen molar-refractivity contribution in [3.63, 3.8) is 0 Å². The second-order valence-corrected chi connectivity index (χ2v) is 8.02. The van der Waals surface area contributed by atoms with Crippen LogP contribution in [-0.2, 0) is 17.6 Å². The second kappa shape index (κ2) is 11.1. The first kappa shape index (κ1) is 24.4. The lowest BCUT2D eigenvalue weighted by atomic mass is 10.0. The van der Waals surface area contributed by atoms with Crippen molar-refractivity contribution in [3.8, 4) is 11.5 Å². The summed E-state index contributed by atoms with van der Waals surface area (Å²) in [5.74, 6) is -1.01. The number of ether oxygens (including phenoxy) is 2. The van der Waals surface area contributed by atoms with E-state index in [4.69, 9.17) is 0 Å². The zero-order valence-corrected chi connectivity index (χ0v) is 18.6. The van der Waals surface area contributed by atoms with Crippen molar-refractivity contribution >= 4 is 11.6 Å². The monoisotopic (exact) mass is 492 g/mol. The maximum atomic E-state index is 13.1. The molecule has 0 spiro atoms. The Bertz CT molecular complexity index is 1100. The molecule has 1 fully saturated rings. The number of carbonyl (C=O) groups is 1. The zero-order valence-electron chi connectivity index (χ0n) is 18.6. The molecule has 1 unspecified atom stereocenters. The first-order valence-electron chi connectivity index (χ1n) is 11.0. The lowest BCUT2D eigenvalue weighted by Crippen LogP contribution is -2.56. The van der Waals surface area contributed by atoms with Gasteiger partial charge in [0.15, 0.2) is 11.5 Å². The van der Waals surface area contributed by atoms with E-state index in [1.54, 1.807) is 6.20 Å². The molecule has 2 heterocycles. The predicted molar refractivity (Wildman–Crippen MR) is 120 cm³/mol. The maximum Gasteiger partial charge on any atom is 0.387 e. The topological polar surface area (TPSA) is 70.7 Å². The smallest absolute Gasteiger partial charge is 0.387 e. The molecule has 1 aromatic heterocycles. The van der Waals surface area contributed by atoms with Gasteiger partial charge in [-0.1, -0.05) is 30.3 Å². The van der Waals surface area contributed by atoms with E-state index in [0.29, 0.717) is 37.4 Å². The lowest BCUT2D eigenvalue weighted by Gasteiger charge is -2.43. The minimum absolute atomic E-state index is 0.0581. The van der Waals surface area contributed by atoms with Crippen molar-refractivity contribution in [2.24, 2.45) is 0 Å². The van der Waals surface area contributed by atoms with Gasteiger partial charge in [0.25, 0.3) is 0 Å². The molecule has 1 atom stereocenters. The SMILES string of the molecule is O=C(Cc1cnc[nH]1)N1CCN(c2ccc(OC(F)F)c(OC(F)F)c2)CC1Cc1ccccc1. The van der Waals surface area contributed by atoms with Crippen molar-refractivity contribution in [3.05, 3.63) is 72.3 Å². The van der Waals surface area contributed by atoms with Gasteiger partial charge in [-0.15, -0.1) is 0 Å². The standard InChI is InChI=1S/C24H24F4N4O3/c25-23(26)34-20-7-6-18(12-21(20)35-24(27)28)31-8-9-32(22(33)11-17-13-29-15-30-17)19(14-31)10-16-4-2-1-3-5-16/h1-7,12-13,15,19,23-24H,8-11,14H2,(H,29,30). The van der Waals surface area contributed by atoms with E-state index in [9.17, 15) is 22.4 Å². The van der Waals surface area contributed by atoms with Crippen molar-refractivity contribution in [1.82, 2.24) is 14.9 Å². The van der Waals surface area contributed by atoms with Crippen LogP contribution in [0.5, 0.6) is 11.5 Å². The summed E-state index contributed by atoms with van der Waals surface area (Å²) in [5, 5.41) is 0. The molecule has 0 saturated carbocycles. The Morgan fingerprint density at radius 1 is 1.03 bits per heavy atom. The molecular weight excluding hydrogens is 468 g/mol. The van der Waals surface area contributed by atoms with Crippen LogP contribution in [0, 0.1) is 0 Å². The number of H-pyrrole nitrogens is 1. The molecule has 3 aromatic rings. The minimum Gasteiger partial charge on any atom is -0.431 e. The zero-order chi connectivity index (χ0) is 24.8. The van der Waals surface area contributed by atoms with Crippen LogP contribution >= 0.6 is 0 Å². The predicted octanol–water partition coefficient (Wildman–Crippen LogP) is 4.12. The van der Waals surface area contributed by atoms with Gasteiger partial charge in [0.05, 0.1) is 18.8 Å². The van der Waals surface area contributed by atoms with Crippen molar-refractivity contribution in [1.29, 1.82) is 0 Å². The van der Waals surface area contributed by atoms with E-state index < -0.39 is 24.7 Å². The molecule has 1 N–H and O–H groups in total. The highest BCUT2D eigenvalue weighted by Crippen LogP contribution is 2.35. The molecule has 1 aliphatic rings. The summed E-state index contributed by atoms with van der Waals surface area (Å²) in [7, 11) is 0. The summed E-state index contributed by atoms with van der Waals surface area (Å²) in [6.07, 6.45) is 3.88. The normalized spacial score (nSPS) is 16.1. The molecule has 0 aliphatic carbocycles. The number of nitrogens with zero attached hydrogens (tertiary/aromatic N) is 3. The van der Waals surface area contributed by atoms with E-state index in [0.717, 1.165) is 5.56 Å². The van der Waals surface area contributed by atoms with Crippen LogP contribution < -0.4 is 14.4 Å². The van der Waals surface area contributed by atoms with Crippen LogP contribution in [0.4, 0.5) is 23.2 Å². The molecule has 0 radical (unpaired) electrons. The summed E-state index contributed by atoms with van der Waals surface area (Å²) in [5.41, 5.74) is 2.25. The van der Waals surface area contributed by atoms with E-state index in [1.165, 1.54) is 24.5 Å². The fraction of sp³-hybridized carbons (Fsp3) is 0.333. The highest BCUT2D eigenvalue weighted by Gasteiger charge is 2.31. The molecule has 1 aliphatic heterocycles. The van der Waals surface area contributed by atoms with Gasteiger partial charge in [-0.3, -0.25) is 4.79 Å². The van der Waals surface area contributed by atoms with E-state index in [1.807, 2.05) is 40.1 Å². The van der Waals surface area contributed by atoms with Crippen LogP contribution in [0.15, 0.2) is 61.1 Å². The van der Waals surface area contributed by atoms with Crippen molar-refractivity contribution in [2.45, 2.75) is 32.1 Å². The maximum absolute atomic E-state index is 13.1. The van der Waals surface area contributed by atoms with Crippen LogP contribution in [0.3, 0.4) is 0 Å². The van der Waals surface area contributed by atoms with Gasteiger partial charge in [-0.25, -0.2) is 4.98 Å². The molecule has 7 nitrogen and oxygen atoms in total. The number of aromatic amines is 1. The molecular formula is C24H24F4N4O3. The number of nitrogens with one attached hydrogen (secondary N) is 1. The quantitative estimate of drug-likeness (QED) is 0.456. The van der Waals surface area contributed by atoms with Crippen LogP contribution in [-0.4, -0.2) is 59.7 Å².